The van der Waals surface area contributed by atoms with E-state index in [9.17, 15) is 4.79 Å². The van der Waals surface area contributed by atoms with Crippen LogP contribution in [0.1, 0.15) is 42.0 Å². The molecule has 1 aliphatic rings. The quantitative estimate of drug-likeness (QED) is 0.645. The van der Waals surface area contributed by atoms with Crippen molar-refractivity contribution >= 4 is 22.8 Å². The molecule has 2 heterocycles. The molecule has 0 spiro atoms. The topological polar surface area (TPSA) is 82.7 Å². The summed E-state index contributed by atoms with van der Waals surface area (Å²) in [4.78, 5) is 24.5. The standard InChI is InChI=1S/C19H21N5O/c1-12(18-23-15-4-2-3-5-16(15)24-18)22-19(25)14-8-9-17(21-11-14)20-10-13-6-7-13/h2-5,8-9,11-13H,6-7,10H2,1H3,(H,20,21)(H,22,25)(H,23,24). The summed E-state index contributed by atoms with van der Waals surface area (Å²) in [6.45, 7) is 2.87. The Morgan fingerprint density at radius 3 is 2.84 bits per heavy atom. The van der Waals surface area contributed by atoms with Crippen LogP contribution in [0.25, 0.3) is 11.0 Å². The number of aromatic nitrogens is 3. The number of H-pyrrole nitrogens is 1. The van der Waals surface area contributed by atoms with E-state index in [0.717, 1.165) is 35.1 Å². The van der Waals surface area contributed by atoms with Gasteiger partial charge in [0.1, 0.15) is 11.6 Å². The van der Waals surface area contributed by atoms with Gasteiger partial charge in [-0.15, -0.1) is 0 Å². The fourth-order valence-electron chi connectivity index (χ4n) is 2.73. The molecule has 1 aromatic carbocycles. The lowest BCUT2D eigenvalue weighted by Gasteiger charge is -2.11. The smallest absolute Gasteiger partial charge is 0.253 e. The number of benzene rings is 1. The number of fused-ring (bicyclic) bond motifs is 1. The van der Waals surface area contributed by atoms with E-state index in [2.05, 4.69) is 25.6 Å². The zero-order chi connectivity index (χ0) is 17.2. The van der Waals surface area contributed by atoms with E-state index in [1.54, 1.807) is 12.3 Å². The number of hydrogen-bond acceptors (Lipinski definition) is 4. The van der Waals surface area contributed by atoms with Crippen LogP contribution in [0.2, 0.25) is 0 Å². The highest BCUT2D eigenvalue weighted by molar-refractivity contribution is 5.94. The Morgan fingerprint density at radius 1 is 1.28 bits per heavy atom. The minimum Gasteiger partial charge on any atom is -0.370 e. The van der Waals surface area contributed by atoms with Gasteiger partial charge in [0.2, 0.25) is 0 Å². The summed E-state index contributed by atoms with van der Waals surface area (Å²) < 4.78 is 0. The van der Waals surface area contributed by atoms with E-state index in [4.69, 9.17) is 0 Å². The number of aromatic amines is 1. The first kappa shape index (κ1) is 15.6. The largest absolute Gasteiger partial charge is 0.370 e. The van der Waals surface area contributed by atoms with E-state index in [1.165, 1.54) is 12.8 Å². The number of rotatable bonds is 6. The van der Waals surface area contributed by atoms with Gasteiger partial charge in [-0.25, -0.2) is 9.97 Å². The molecule has 2 aromatic heterocycles. The lowest BCUT2D eigenvalue weighted by atomic mass is 10.2. The molecular weight excluding hydrogens is 314 g/mol. The maximum atomic E-state index is 12.4. The number of amides is 1. The third-order valence-electron chi connectivity index (χ3n) is 4.46. The number of nitrogens with zero attached hydrogens (tertiary/aromatic N) is 2. The number of nitrogens with one attached hydrogen (secondary N) is 3. The Morgan fingerprint density at radius 2 is 2.12 bits per heavy atom. The van der Waals surface area contributed by atoms with Gasteiger partial charge in [0.15, 0.2) is 0 Å². The Kier molecular flexibility index (Phi) is 4.09. The minimum atomic E-state index is -0.215. The van der Waals surface area contributed by atoms with E-state index >= 15 is 0 Å². The molecule has 0 bridgehead atoms. The van der Waals surface area contributed by atoms with Crippen molar-refractivity contribution in [3.63, 3.8) is 0 Å². The van der Waals surface area contributed by atoms with E-state index in [1.807, 2.05) is 37.3 Å². The molecule has 1 unspecified atom stereocenters. The first-order valence-electron chi connectivity index (χ1n) is 8.64. The SMILES string of the molecule is CC(NC(=O)c1ccc(NCC2CC2)nc1)c1nc2ccccc2[nH]1. The number of anilines is 1. The molecule has 128 valence electrons. The molecule has 25 heavy (non-hydrogen) atoms. The molecule has 6 heteroatoms. The molecule has 3 aromatic rings. The van der Waals surface area contributed by atoms with Crippen molar-refractivity contribution < 1.29 is 4.79 Å². The normalized spacial score (nSPS) is 15.1. The average molecular weight is 335 g/mol. The van der Waals surface area contributed by atoms with Gasteiger partial charge in [-0.3, -0.25) is 4.79 Å². The molecule has 1 atom stereocenters. The Labute approximate surface area is 146 Å². The van der Waals surface area contributed by atoms with Gasteiger partial charge in [0, 0.05) is 12.7 Å². The van der Waals surface area contributed by atoms with Gasteiger partial charge < -0.3 is 15.6 Å². The van der Waals surface area contributed by atoms with Crippen molar-refractivity contribution in [3.8, 4) is 0 Å². The second-order valence-corrected chi connectivity index (χ2v) is 6.59. The van der Waals surface area contributed by atoms with Crippen molar-refractivity contribution in [2.45, 2.75) is 25.8 Å². The fourth-order valence-corrected chi connectivity index (χ4v) is 2.73. The number of pyridine rings is 1. The van der Waals surface area contributed by atoms with E-state index in [0.29, 0.717) is 5.56 Å². The van der Waals surface area contributed by atoms with Crippen molar-refractivity contribution in [2.24, 2.45) is 5.92 Å². The first-order valence-corrected chi connectivity index (χ1v) is 8.64. The predicted molar refractivity (Wildman–Crippen MR) is 97.4 cm³/mol. The van der Waals surface area contributed by atoms with Gasteiger partial charge in [-0.2, -0.15) is 0 Å². The second kappa shape index (κ2) is 6.55. The van der Waals surface area contributed by atoms with E-state index < -0.39 is 0 Å². The van der Waals surface area contributed by atoms with Gasteiger partial charge in [0.05, 0.1) is 22.6 Å². The summed E-state index contributed by atoms with van der Waals surface area (Å²) in [6, 6.07) is 11.2. The lowest BCUT2D eigenvalue weighted by Crippen LogP contribution is -2.27. The summed E-state index contributed by atoms with van der Waals surface area (Å²) in [5.74, 6) is 2.18. The third-order valence-corrected chi connectivity index (χ3v) is 4.46. The van der Waals surface area contributed by atoms with Crippen LogP contribution in [0.4, 0.5) is 5.82 Å². The molecule has 0 saturated heterocycles. The van der Waals surface area contributed by atoms with Crippen LogP contribution in [0.3, 0.4) is 0 Å². The Balaban J connectivity index is 1.39. The predicted octanol–water partition coefficient (Wildman–Crippen LogP) is 3.27. The van der Waals surface area contributed by atoms with Crippen LogP contribution >= 0.6 is 0 Å². The maximum absolute atomic E-state index is 12.4. The number of imidazole rings is 1. The molecule has 1 saturated carbocycles. The molecule has 4 rings (SSSR count). The lowest BCUT2D eigenvalue weighted by molar-refractivity contribution is 0.0938. The van der Waals surface area contributed by atoms with Crippen LogP contribution in [-0.2, 0) is 0 Å². The molecule has 0 radical (unpaired) electrons. The molecule has 0 aliphatic heterocycles. The van der Waals surface area contributed by atoms with Crippen molar-refractivity contribution in [1.82, 2.24) is 20.3 Å². The highest BCUT2D eigenvalue weighted by Gasteiger charge is 2.20. The third kappa shape index (κ3) is 3.63. The maximum Gasteiger partial charge on any atom is 0.253 e. The number of para-hydroxylation sites is 2. The number of carbonyl (C=O) groups excluding carboxylic acids is 1. The minimum absolute atomic E-state index is 0.158. The summed E-state index contributed by atoms with van der Waals surface area (Å²) in [5.41, 5.74) is 2.40. The Hall–Kier alpha value is -2.89. The van der Waals surface area contributed by atoms with Gasteiger partial charge >= 0.3 is 0 Å². The van der Waals surface area contributed by atoms with Crippen LogP contribution in [0, 0.1) is 5.92 Å². The zero-order valence-corrected chi connectivity index (χ0v) is 14.1. The molecule has 3 N–H and O–H groups in total. The van der Waals surface area contributed by atoms with Crippen LogP contribution in [-0.4, -0.2) is 27.4 Å². The van der Waals surface area contributed by atoms with E-state index in [-0.39, 0.29) is 11.9 Å². The summed E-state index contributed by atoms with van der Waals surface area (Å²) >= 11 is 0. The van der Waals surface area contributed by atoms with Crippen molar-refractivity contribution in [1.29, 1.82) is 0 Å². The monoisotopic (exact) mass is 335 g/mol. The summed E-state index contributed by atoms with van der Waals surface area (Å²) in [5, 5.41) is 6.26. The highest BCUT2D eigenvalue weighted by atomic mass is 16.1. The number of hydrogen-bond donors (Lipinski definition) is 3. The van der Waals surface area contributed by atoms with Gasteiger partial charge in [0.25, 0.3) is 5.91 Å². The summed E-state index contributed by atoms with van der Waals surface area (Å²) in [6.07, 6.45) is 4.20. The van der Waals surface area contributed by atoms with Gasteiger partial charge in [-0.1, -0.05) is 12.1 Å². The molecule has 1 aliphatic carbocycles. The van der Waals surface area contributed by atoms with Gasteiger partial charge in [-0.05, 0) is 49.9 Å². The van der Waals surface area contributed by atoms with Crippen LogP contribution < -0.4 is 10.6 Å². The van der Waals surface area contributed by atoms with Crippen molar-refractivity contribution in [2.75, 3.05) is 11.9 Å². The van der Waals surface area contributed by atoms with Crippen molar-refractivity contribution in [3.05, 3.63) is 54.0 Å². The average Bonchev–Trinajstić information content (AvgIpc) is 3.36. The molecule has 1 amide bonds. The van der Waals surface area contributed by atoms with Crippen LogP contribution in [0.5, 0.6) is 0 Å². The summed E-state index contributed by atoms with van der Waals surface area (Å²) in [7, 11) is 0. The molecule has 6 nitrogen and oxygen atoms in total. The molecular formula is C19H21N5O. The first-order chi connectivity index (χ1) is 12.2. The highest BCUT2D eigenvalue weighted by Crippen LogP contribution is 2.28. The Bertz CT molecular complexity index is 849. The second-order valence-electron chi connectivity index (χ2n) is 6.59. The fraction of sp³-hybridized carbons (Fsp3) is 0.316. The molecule has 1 fully saturated rings. The zero-order valence-electron chi connectivity index (χ0n) is 14.1. The van der Waals surface area contributed by atoms with Crippen LogP contribution in [0.15, 0.2) is 42.6 Å². The number of carbonyl (C=O) groups is 1.